The normalized spacial score (nSPS) is 11.5. The van der Waals surface area contributed by atoms with Crippen molar-refractivity contribution in [2.24, 2.45) is 0 Å². The van der Waals surface area contributed by atoms with E-state index in [9.17, 15) is 0 Å². The second kappa shape index (κ2) is 8.69. The van der Waals surface area contributed by atoms with Crippen molar-refractivity contribution in [3.05, 3.63) is 95.1 Å². The highest BCUT2D eigenvalue weighted by molar-refractivity contribution is 7.80. The number of hydrogen-bond acceptors (Lipinski definition) is 2. The molecule has 0 saturated heterocycles. The Morgan fingerprint density at radius 2 is 1.44 bits per heavy atom. The molecule has 0 amide bonds. The van der Waals surface area contributed by atoms with Gasteiger partial charge in [0.25, 0.3) is 0 Å². The summed E-state index contributed by atoms with van der Waals surface area (Å²) in [5.74, 6) is 0.835. The molecule has 0 heterocycles. The Morgan fingerprint density at radius 1 is 0.852 bits per heavy atom. The van der Waals surface area contributed by atoms with Gasteiger partial charge in [0.05, 0.1) is 13.2 Å². The number of nitrogens with one attached hydrogen (secondary N) is 2. The van der Waals surface area contributed by atoms with Gasteiger partial charge in [0.15, 0.2) is 5.11 Å². The third kappa shape index (κ3) is 5.08. The van der Waals surface area contributed by atoms with E-state index in [0.717, 1.165) is 22.6 Å². The van der Waals surface area contributed by atoms with E-state index < -0.39 is 0 Å². The van der Waals surface area contributed by atoms with Crippen molar-refractivity contribution in [2.75, 3.05) is 12.4 Å². The molecule has 0 aliphatic carbocycles. The van der Waals surface area contributed by atoms with Crippen LogP contribution in [0.25, 0.3) is 0 Å². The minimum Gasteiger partial charge on any atom is -0.497 e. The lowest BCUT2D eigenvalue weighted by Gasteiger charge is -2.22. The molecule has 3 nitrogen and oxygen atoms in total. The second-order valence-electron chi connectivity index (χ2n) is 6.59. The van der Waals surface area contributed by atoms with Crippen LogP contribution in [0.1, 0.15) is 28.3 Å². The van der Waals surface area contributed by atoms with E-state index in [-0.39, 0.29) is 6.04 Å². The highest BCUT2D eigenvalue weighted by Gasteiger charge is 2.15. The Balaban J connectivity index is 1.83. The van der Waals surface area contributed by atoms with Crippen molar-refractivity contribution in [1.29, 1.82) is 0 Å². The second-order valence-corrected chi connectivity index (χ2v) is 7.00. The number of thiocarbonyl (C=S) groups is 1. The van der Waals surface area contributed by atoms with Gasteiger partial charge in [-0.25, -0.2) is 0 Å². The van der Waals surface area contributed by atoms with Gasteiger partial charge in [-0.3, -0.25) is 0 Å². The molecule has 2 N–H and O–H groups in total. The summed E-state index contributed by atoms with van der Waals surface area (Å²) < 4.78 is 5.28. The Labute approximate surface area is 166 Å². The summed E-state index contributed by atoms with van der Waals surface area (Å²) in [5, 5.41) is 7.35. The minimum absolute atomic E-state index is 0.0528. The van der Waals surface area contributed by atoms with Crippen LogP contribution in [0.5, 0.6) is 5.75 Å². The average molecular weight is 377 g/mol. The number of benzene rings is 3. The van der Waals surface area contributed by atoms with Crippen LogP contribution in [0, 0.1) is 13.8 Å². The van der Waals surface area contributed by atoms with Gasteiger partial charge in [-0.15, -0.1) is 0 Å². The van der Waals surface area contributed by atoms with Crippen molar-refractivity contribution < 1.29 is 4.74 Å². The van der Waals surface area contributed by atoms with Crippen molar-refractivity contribution in [3.8, 4) is 5.75 Å². The first-order valence-corrected chi connectivity index (χ1v) is 9.30. The van der Waals surface area contributed by atoms with Crippen molar-refractivity contribution in [3.63, 3.8) is 0 Å². The van der Waals surface area contributed by atoms with E-state index in [1.807, 2.05) is 30.3 Å². The van der Waals surface area contributed by atoms with Crippen LogP contribution in [-0.2, 0) is 0 Å². The van der Waals surface area contributed by atoms with Crippen LogP contribution < -0.4 is 15.4 Å². The first-order valence-electron chi connectivity index (χ1n) is 8.90. The molecule has 0 spiro atoms. The van der Waals surface area contributed by atoms with Gasteiger partial charge in [-0.2, -0.15) is 0 Å². The zero-order valence-electron chi connectivity index (χ0n) is 15.8. The highest BCUT2D eigenvalue weighted by Crippen LogP contribution is 2.24. The highest BCUT2D eigenvalue weighted by atomic mass is 32.1. The van der Waals surface area contributed by atoms with Gasteiger partial charge in [0.2, 0.25) is 0 Å². The van der Waals surface area contributed by atoms with Crippen LogP contribution in [0.4, 0.5) is 5.69 Å². The topological polar surface area (TPSA) is 33.3 Å². The summed E-state index contributed by atoms with van der Waals surface area (Å²) in [5.41, 5.74) is 5.66. The number of rotatable bonds is 5. The molecule has 138 valence electrons. The van der Waals surface area contributed by atoms with Crippen LogP contribution in [0.15, 0.2) is 72.8 Å². The fraction of sp³-hybridized carbons (Fsp3) is 0.174. The maximum atomic E-state index is 5.60. The van der Waals surface area contributed by atoms with E-state index >= 15 is 0 Å². The zero-order chi connectivity index (χ0) is 19.2. The summed E-state index contributed by atoms with van der Waals surface area (Å²) in [6, 6.07) is 24.6. The maximum absolute atomic E-state index is 5.60. The van der Waals surface area contributed by atoms with Gasteiger partial charge in [0, 0.05) is 5.69 Å². The zero-order valence-corrected chi connectivity index (χ0v) is 16.6. The summed E-state index contributed by atoms with van der Waals surface area (Å²) >= 11 is 5.60. The number of methoxy groups -OCH3 is 1. The molecule has 3 aromatic rings. The molecule has 1 atom stereocenters. The molecule has 0 fully saturated rings. The first-order chi connectivity index (χ1) is 13.0. The molecule has 0 unspecified atom stereocenters. The maximum Gasteiger partial charge on any atom is 0.171 e. The summed E-state index contributed by atoms with van der Waals surface area (Å²) in [7, 11) is 1.67. The van der Waals surface area contributed by atoms with Gasteiger partial charge >= 0.3 is 0 Å². The van der Waals surface area contributed by atoms with E-state index in [1.165, 1.54) is 11.1 Å². The Kier molecular flexibility index (Phi) is 6.09. The van der Waals surface area contributed by atoms with E-state index in [2.05, 4.69) is 66.9 Å². The van der Waals surface area contributed by atoms with Crippen LogP contribution in [0.2, 0.25) is 0 Å². The lowest BCUT2D eigenvalue weighted by Crippen LogP contribution is -2.33. The number of aryl methyl sites for hydroxylation is 2. The Bertz CT molecular complexity index is 887. The predicted octanol–water partition coefficient (Wildman–Crippen LogP) is 5.39. The third-order valence-corrected chi connectivity index (χ3v) is 4.56. The molecule has 27 heavy (non-hydrogen) atoms. The lowest BCUT2D eigenvalue weighted by atomic mass is 9.99. The van der Waals surface area contributed by atoms with Crippen molar-refractivity contribution >= 4 is 23.0 Å². The molecule has 3 aromatic carbocycles. The first kappa shape index (κ1) is 18.9. The third-order valence-electron chi connectivity index (χ3n) is 4.34. The average Bonchev–Trinajstić information content (AvgIpc) is 2.66. The SMILES string of the molecule is COc1ccc([C@@H](NC(=S)Nc2cc(C)cc(C)c2)c2ccccc2)cc1. The minimum atomic E-state index is -0.0528. The fourth-order valence-corrected chi connectivity index (χ4v) is 3.38. The molecule has 3 rings (SSSR count). The molecule has 4 heteroatoms. The molecule has 0 radical (unpaired) electrons. The Hall–Kier alpha value is -2.85. The summed E-state index contributed by atoms with van der Waals surface area (Å²) in [6.45, 7) is 4.16. The molecule has 0 aliphatic rings. The summed E-state index contributed by atoms with van der Waals surface area (Å²) in [4.78, 5) is 0. The van der Waals surface area contributed by atoms with E-state index in [1.54, 1.807) is 7.11 Å². The lowest BCUT2D eigenvalue weighted by molar-refractivity contribution is 0.414. The molecular formula is C23H24N2OS. The number of anilines is 1. The summed E-state index contributed by atoms with van der Waals surface area (Å²) in [6.07, 6.45) is 0. The van der Waals surface area contributed by atoms with Crippen molar-refractivity contribution in [2.45, 2.75) is 19.9 Å². The smallest absolute Gasteiger partial charge is 0.171 e. The Morgan fingerprint density at radius 3 is 2.04 bits per heavy atom. The molecule has 0 saturated carbocycles. The molecular weight excluding hydrogens is 352 g/mol. The molecule has 0 aliphatic heterocycles. The fourth-order valence-electron chi connectivity index (χ4n) is 3.15. The van der Waals surface area contributed by atoms with Gasteiger partial charge in [-0.05, 0) is 72.6 Å². The van der Waals surface area contributed by atoms with Crippen LogP contribution >= 0.6 is 12.2 Å². The number of ether oxygens (including phenoxy) is 1. The predicted molar refractivity (Wildman–Crippen MR) is 117 cm³/mol. The quantitative estimate of drug-likeness (QED) is 0.585. The number of hydrogen-bond donors (Lipinski definition) is 2. The van der Waals surface area contributed by atoms with E-state index in [0.29, 0.717) is 5.11 Å². The van der Waals surface area contributed by atoms with Crippen molar-refractivity contribution in [1.82, 2.24) is 5.32 Å². The van der Waals surface area contributed by atoms with Gasteiger partial charge < -0.3 is 15.4 Å². The van der Waals surface area contributed by atoms with Crippen LogP contribution in [0.3, 0.4) is 0 Å². The largest absolute Gasteiger partial charge is 0.497 e. The van der Waals surface area contributed by atoms with E-state index in [4.69, 9.17) is 17.0 Å². The molecule has 0 bridgehead atoms. The van der Waals surface area contributed by atoms with Gasteiger partial charge in [-0.1, -0.05) is 48.5 Å². The van der Waals surface area contributed by atoms with Crippen LogP contribution in [-0.4, -0.2) is 12.2 Å². The monoisotopic (exact) mass is 376 g/mol. The molecule has 0 aromatic heterocycles. The van der Waals surface area contributed by atoms with Gasteiger partial charge in [0.1, 0.15) is 5.75 Å². The standard InChI is InChI=1S/C23H24N2OS/c1-16-13-17(2)15-20(14-16)24-23(27)25-22(18-7-5-4-6-8-18)19-9-11-21(26-3)12-10-19/h4-15,22H,1-3H3,(H2,24,25,27)/t22-/m0/s1.